The quantitative estimate of drug-likeness (QED) is 0.736. The average Bonchev–Trinajstić information content (AvgIpc) is 2.42. The highest BCUT2D eigenvalue weighted by Crippen LogP contribution is 2.23. The Balaban J connectivity index is 2.62. The molecule has 0 radical (unpaired) electrons. The summed E-state index contributed by atoms with van der Waals surface area (Å²) in [4.78, 5) is 24.0. The van der Waals surface area contributed by atoms with Gasteiger partial charge in [-0.05, 0) is 25.2 Å². The summed E-state index contributed by atoms with van der Waals surface area (Å²) in [7, 11) is 1.35. The van der Waals surface area contributed by atoms with Crippen molar-refractivity contribution >= 4 is 11.9 Å². The Morgan fingerprint density at radius 3 is 2.63 bits per heavy atom. The maximum atomic E-state index is 12.2. The third-order valence-corrected chi connectivity index (χ3v) is 4.05. The second-order valence-electron chi connectivity index (χ2n) is 5.52. The number of methoxy groups -OCH3 is 1. The van der Waals surface area contributed by atoms with Crippen LogP contribution in [0.5, 0.6) is 0 Å². The monoisotopic (exact) mass is 270 g/mol. The Bertz CT molecular complexity index is 320. The molecule has 0 aromatic rings. The van der Waals surface area contributed by atoms with Gasteiger partial charge in [-0.25, -0.2) is 4.79 Å². The van der Waals surface area contributed by atoms with Crippen molar-refractivity contribution in [3.63, 3.8) is 0 Å². The van der Waals surface area contributed by atoms with Crippen LogP contribution in [0.1, 0.15) is 46.0 Å². The van der Waals surface area contributed by atoms with Gasteiger partial charge < -0.3 is 15.8 Å². The molecular formula is C14H26N2O3. The molecule has 0 aromatic heterocycles. The van der Waals surface area contributed by atoms with E-state index in [4.69, 9.17) is 10.5 Å². The number of nitrogens with one attached hydrogen (secondary N) is 1. The van der Waals surface area contributed by atoms with Gasteiger partial charge >= 0.3 is 5.97 Å². The Kier molecular flexibility index (Phi) is 6.28. The van der Waals surface area contributed by atoms with Crippen LogP contribution >= 0.6 is 0 Å². The van der Waals surface area contributed by atoms with Gasteiger partial charge in [0.05, 0.1) is 7.11 Å². The fourth-order valence-corrected chi connectivity index (χ4v) is 2.53. The van der Waals surface area contributed by atoms with Crippen molar-refractivity contribution in [1.29, 1.82) is 0 Å². The largest absolute Gasteiger partial charge is 0.467 e. The van der Waals surface area contributed by atoms with Crippen molar-refractivity contribution < 1.29 is 14.3 Å². The van der Waals surface area contributed by atoms with Gasteiger partial charge in [0.15, 0.2) is 0 Å². The Labute approximate surface area is 115 Å². The van der Waals surface area contributed by atoms with E-state index < -0.39 is 6.04 Å². The van der Waals surface area contributed by atoms with Gasteiger partial charge in [0.25, 0.3) is 0 Å². The fourth-order valence-electron chi connectivity index (χ4n) is 2.53. The number of amides is 1. The summed E-state index contributed by atoms with van der Waals surface area (Å²) in [6.45, 7) is 3.93. The van der Waals surface area contributed by atoms with Crippen LogP contribution in [-0.4, -0.2) is 31.1 Å². The maximum absolute atomic E-state index is 12.2. The molecule has 1 saturated carbocycles. The van der Waals surface area contributed by atoms with Gasteiger partial charge in [0.1, 0.15) is 6.04 Å². The Morgan fingerprint density at radius 2 is 2.11 bits per heavy atom. The summed E-state index contributed by atoms with van der Waals surface area (Å²) in [6.07, 6.45) is 4.33. The fraction of sp³-hybridized carbons (Fsp3) is 0.857. The van der Waals surface area contributed by atoms with Crippen molar-refractivity contribution in [1.82, 2.24) is 5.32 Å². The molecule has 19 heavy (non-hydrogen) atoms. The molecule has 1 amide bonds. The SMILES string of the molecule is CC[C@H](C)[C@H](NC(=O)C1CCCC(N)C1)C(=O)OC. The Morgan fingerprint density at radius 1 is 1.42 bits per heavy atom. The van der Waals surface area contributed by atoms with E-state index in [9.17, 15) is 9.59 Å². The minimum Gasteiger partial charge on any atom is -0.467 e. The number of nitrogens with two attached hydrogens (primary N) is 1. The van der Waals surface area contributed by atoms with Crippen LogP contribution in [0, 0.1) is 11.8 Å². The number of ether oxygens (including phenoxy) is 1. The molecule has 4 atom stereocenters. The number of carbonyl (C=O) groups is 2. The molecule has 1 aliphatic rings. The predicted molar refractivity (Wildman–Crippen MR) is 73.3 cm³/mol. The normalized spacial score (nSPS) is 26.3. The summed E-state index contributed by atoms with van der Waals surface area (Å²) in [6, 6.07) is -0.453. The summed E-state index contributed by atoms with van der Waals surface area (Å²) in [5.41, 5.74) is 5.89. The highest BCUT2D eigenvalue weighted by Gasteiger charge is 2.31. The van der Waals surface area contributed by atoms with E-state index in [2.05, 4.69) is 5.32 Å². The van der Waals surface area contributed by atoms with Gasteiger partial charge in [-0.15, -0.1) is 0 Å². The van der Waals surface area contributed by atoms with Crippen molar-refractivity contribution in [2.45, 2.75) is 58.0 Å². The van der Waals surface area contributed by atoms with Crippen LogP contribution in [0.25, 0.3) is 0 Å². The van der Waals surface area contributed by atoms with E-state index in [1.165, 1.54) is 7.11 Å². The van der Waals surface area contributed by atoms with E-state index in [-0.39, 0.29) is 29.8 Å². The number of esters is 1. The lowest BCUT2D eigenvalue weighted by Gasteiger charge is -2.28. The van der Waals surface area contributed by atoms with Crippen molar-refractivity contribution in [2.75, 3.05) is 7.11 Å². The molecule has 2 unspecified atom stereocenters. The molecule has 0 heterocycles. The number of carbonyl (C=O) groups excluding carboxylic acids is 2. The lowest BCUT2D eigenvalue weighted by molar-refractivity contribution is -0.147. The predicted octanol–water partition coefficient (Wildman–Crippen LogP) is 1.21. The minimum absolute atomic E-state index is 0.0636. The molecule has 0 aromatic carbocycles. The van der Waals surface area contributed by atoms with Crippen LogP contribution in [-0.2, 0) is 14.3 Å². The average molecular weight is 270 g/mol. The molecule has 5 nitrogen and oxygen atoms in total. The van der Waals surface area contributed by atoms with E-state index in [0.29, 0.717) is 6.42 Å². The van der Waals surface area contributed by atoms with Crippen LogP contribution in [0.2, 0.25) is 0 Å². The molecule has 5 heteroatoms. The first-order chi connectivity index (χ1) is 8.99. The first-order valence-electron chi connectivity index (χ1n) is 7.13. The van der Waals surface area contributed by atoms with Crippen molar-refractivity contribution in [3.05, 3.63) is 0 Å². The molecule has 0 bridgehead atoms. The van der Waals surface area contributed by atoms with Gasteiger partial charge in [0.2, 0.25) is 5.91 Å². The molecule has 1 fully saturated rings. The van der Waals surface area contributed by atoms with Crippen molar-refractivity contribution in [2.24, 2.45) is 17.6 Å². The maximum Gasteiger partial charge on any atom is 0.328 e. The zero-order valence-electron chi connectivity index (χ0n) is 12.1. The summed E-state index contributed by atoms with van der Waals surface area (Å²) < 4.78 is 4.77. The zero-order chi connectivity index (χ0) is 14.4. The standard InChI is InChI=1S/C14H26N2O3/c1-4-9(2)12(14(18)19-3)16-13(17)10-6-5-7-11(15)8-10/h9-12H,4-8,15H2,1-3H3,(H,16,17)/t9-,10?,11?,12-/m0/s1. The number of hydrogen-bond acceptors (Lipinski definition) is 4. The molecule has 0 saturated heterocycles. The summed E-state index contributed by atoms with van der Waals surface area (Å²) in [5, 5.41) is 2.84. The van der Waals surface area contributed by atoms with E-state index in [0.717, 1.165) is 25.7 Å². The number of rotatable bonds is 5. The van der Waals surface area contributed by atoms with Crippen LogP contribution in [0.3, 0.4) is 0 Å². The topological polar surface area (TPSA) is 81.4 Å². The van der Waals surface area contributed by atoms with Crippen LogP contribution in [0.15, 0.2) is 0 Å². The minimum atomic E-state index is -0.555. The Hall–Kier alpha value is -1.10. The van der Waals surface area contributed by atoms with Gasteiger partial charge in [-0.2, -0.15) is 0 Å². The first kappa shape index (κ1) is 16.0. The van der Waals surface area contributed by atoms with Gasteiger partial charge in [0, 0.05) is 12.0 Å². The molecule has 0 aliphatic heterocycles. The third-order valence-electron chi connectivity index (χ3n) is 4.05. The van der Waals surface area contributed by atoms with Crippen LogP contribution in [0.4, 0.5) is 0 Å². The number of hydrogen-bond donors (Lipinski definition) is 2. The van der Waals surface area contributed by atoms with Crippen molar-refractivity contribution in [3.8, 4) is 0 Å². The van der Waals surface area contributed by atoms with Gasteiger partial charge in [-0.3, -0.25) is 4.79 Å². The summed E-state index contributed by atoms with van der Waals surface area (Å²) >= 11 is 0. The zero-order valence-corrected chi connectivity index (χ0v) is 12.1. The second-order valence-corrected chi connectivity index (χ2v) is 5.52. The lowest BCUT2D eigenvalue weighted by atomic mass is 9.85. The molecule has 1 aliphatic carbocycles. The highest BCUT2D eigenvalue weighted by atomic mass is 16.5. The molecule has 110 valence electrons. The van der Waals surface area contributed by atoms with Crippen LogP contribution < -0.4 is 11.1 Å². The lowest BCUT2D eigenvalue weighted by Crippen LogP contribution is -2.49. The molecule has 1 rings (SSSR count). The molecule has 0 spiro atoms. The smallest absolute Gasteiger partial charge is 0.328 e. The first-order valence-corrected chi connectivity index (χ1v) is 7.13. The molecule has 3 N–H and O–H groups in total. The molecular weight excluding hydrogens is 244 g/mol. The van der Waals surface area contributed by atoms with E-state index >= 15 is 0 Å². The summed E-state index contributed by atoms with van der Waals surface area (Å²) in [5.74, 6) is -0.442. The third kappa shape index (κ3) is 4.49. The van der Waals surface area contributed by atoms with E-state index in [1.807, 2.05) is 13.8 Å². The highest BCUT2D eigenvalue weighted by molar-refractivity contribution is 5.86. The second kappa shape index (κ2) is 7.48. The van der Waals surface area contributed by atoms with E-state index in [1.54, 1.807) is 0 Å². The van der Waals surface area contributed by atoms with Gasteiger partial charge in [-0.1, -0.05) is 26.7 Å².